The number of hydrogen-bond acceptors (Lipinski definition) is 5. The van der Waals surface area contributed by atoms with Gasteiger partial charge in [0.05, 0.1) is 27.0 Å². The Labute approximate surface area is 185 Å². The molecule has 6 nitrogen and oxygen atoms in total. The van der Waals surface area contributed by atoms with Crippen LogP contribution in [0.4, 0.5) is 10.1 Å². The Kier molecular flexibility index (Phi) is 5.89. The van der Waals surface area contributed by atoms with E-state index in [1.165, 1.54) is 17.0 Å². The van der Waals surface area contributed by atoms with Gasteiger partial charge in [-0.1, -0.05) is 6.07 Å². The summed E-state index contributed by atoms with van der Waals surface area (Å²) in [5.74, 6) is 1.54. The van der Waals surface area contributed by atoms with Gasteiger partial charge in [0.25, 0.3) is 5.91 Å². The summed E-state index contributed by atoms with van der Waals surface area (Å²) < 4.78 is 29.3. The first-order valence-corrected chi connectivity index (χ1v) is 9.81. The SMILES string of the molecule is COc1ccc(N2C(=O)/C(=C\c3ccc(OC)c(OC)c3)N=C2c2ccc(F)cc2)cc1. The average Bonchev–Trinajstić information content (AvgIpc) is 3.15. The molecule has 32 heavy (non-hydrogen) atoms. The standard InChI is InChI=1S/C25H21FN2O4/c1-30-20-11-9-19(10-12-20)28-24(17-5-7-18(26)8-6-17)27-21(25(28)29)14-16-4-13-22(31-2)23(15-16)32-3/h4-15H,1-3H3/b21-14+. The Morgan fingerprint density at radius 3 is 2.16 bits per heavy atom. The van der Waals surface area contributed by atoms with Crippen LogP contribution in [0, 0.1) is 5.82 Å². The predicted octanol–water partition coefficient (Wildman–Crippen LogP) is 4.69. The molecular weight excluding hydrogens is 411 g/mol. The molecule has 3 aromatic rings. The van der Waals surface area contributed by atoms with E-state index >= 15 is 0 Å². The number of carbonyl (C=O) groups excluding carboxylic acids is 1. The van der Waals surface area contributed by atoms with Crippen molar-refractivity contribution in [1.82, 2.24) is 0 Å². The first-order valence-electron chi connectivity index (χ1n) is 9.81. The third kappa shape index (κ3) is 4.05. The van der Waals surface area contributed by atoms with Crippen LogP contribution >= 0.6 is 0 Å². The van der Waals surface area contributed by atoms with Crippen LogP contribution in [0.2, 0.25) is 0 Å². The number of ether oxygens (including phenoxy) is 3. The average molecular weight is 432 g/mol. The summed E-state index contributed by atoms with van der Waals surface area (Å²) in [5.41, 5.74) is 2.21. The van der Waals surface area contributed by atoms with Crippen molar-refractivity contribution < 1.29 is 23.4 Å². The van der Waals surface area contributed by atoms with Crippen LogP contribution < -0.4 is 19.1 Å². The molecule has 0 aliphatic carbocycles. The molecule has 7 heteroatoms. The molecule has 162 valence electrons. The van der Waals surface area contributed by atoms with E-state index in [4.69, 9.17) is 14.2 Å². The number of halogens is 1. The van der Waals surface area contributed by atoms with Gasteiger partial charge in [-0.25, -0.2) is 9.38 Å². The van der Waals surface area contributed by atoms with Crippen LogP contribution in [0.1, 0.15) is 11.1 Å². The molecule has 0 radical (unpaired) electrons. The number of nitrogens with zero attached hydrogens (tertiary/aromatic N) is 2. The van der Waals surface area contributed by atoms with E-state index in [2.05, 4.69) is 4.99 Å². The summed E-state index contributed by atoms with van der Waals surface area (Å²) in [6.07, 6.45) is 1.68. The van der Waals surface area contributed by atoms with E-state index in [-0.39, 0.29) is 17.4 Å². The van der Waals surface area contributed by atoms with Gasteiger partial charge in [0.15, 0.2) is 11.5 Å². The number of aliphatic imine (C=N–C) groups is 1. The molecule has 0 fully saturated rings. The van der Waals surface area contributed by atoms with E-state index < -0.39 is 0 Å². The lowest BCUT2D eigenvalue weighted by Gasteiger charge is -2.19. The second-order valence-electron chi connectivity index (χ2n) is 6.92. The highest BCUT2D eigenvalue weighted by Gasteiger charge is 2.32. The highest BCUT2D eigenvalue weighted by Crippen LogP contribution is 2.32. The van der Waals surface area contributed by atoms with Crippen molar-refractivity contribution in [2.24, 2.45) is 4.99 Å². The molecule has 1 amide bonds. The molecule has 1 aliphatic rings. The van der Waals surface area contributed by atoms with Crippen LogP contribution in [0.25, 0.3) is 6.08 Å². The van der Waals surface area contributed by atoms with Crippen molar-refractivity contribution in [3.63, 3.8) is 0 Å². The Balaban J connectivity index is 1.79. The summed E-state index contributed by atoms with van der Waals surface area (Å²) in [4.78, 5) is 19.5. The molecule has 0 atom stereocenters. The Morgan fingerprint density at radius 1 is 0.844 bits per heavy atom. The third-order valence-corrected chi connectivity index (χ3v) is 5.00. The number of methoxy groups -OCH3 is 3. The first-order chi connectivity index (χ1) is 15.5. The molecule has 1 aliphatic heterocycles. The number of hydrogen-bond donors (Lipinski definition) is 0. The summed E-state index contributed by atoms with van der Waals surface area (Å²) in [7, 11) is 4.68. The van der Waals surface area contributed by atoms with Crippen molar-refractivity contribution in [2.75, 3.05) is 26.2 Å². The van der Waals surface area contributed by atoms with Crippen molar-refractivity contribution >= 4 is 23.5 Å². The number of carbonyl (C=O) groups is 1. The minimum Gasteiger partial charge on any atom is -0.497 e. The second-order valence-corrected chi connectivity index (χ2v) is 6.92. The maximum atomic E-state index is 13.5. The molecule has 0 spiro atoms. The molecule has 0 saturated heterocycles. The Bertz CT molecular complexity index is 1200. The lowest BCUT2D eigenvalue weighted by atomic mass is 10.1. The van der Waals surface area contributed by atoms with Gasteiger partial charge in [0, 0.05) is 5.56 Å². The highest BCUT2D eigenvalue weighted by molar-refractivity contribution is 6.33. The fourth-order valence-corrected chi connectivity index (χ4v) is 3.38. The smallest absolute Gasteiger partial charge is 0.282 e. The maximum absolute atomic E-state index is 13.5. The van der Waals surface area contributed by atoms with E-state index in [0.717, 1.165) is 5.56 Å². The molecule has 1 heterocycles. The Hall–Kier alpha value is -4.13. The number of amides is 1. The Morgan fingerprint density at radius 2 is 1.53 bits per heavy atom. The molecule has 0 saturated carbocycles. The summed E-state index contributed by atoms with van der Waals surface area (Å²) in [6.45, 7) is 0. The lowest BCUT2D eigenvalue weighted by Crippen LogP contribution is -2.32. The molecular formula is C25H21FN2O4. The van der Waals surface area contributed by atoms with Gasteiger partial charge < -0.3 is 14.2 Å². The fraction of sp³-hybridized carbons (Fsp3) is 0.120. The summed E-state index contributed by atoms with van der Waals surface area (Å²) in [6, 6.07) is 18.3. The van der Waals surface area contributed by atoms with Crippen LogP contribution in [0.15, 0.2) is 77.4 Å². The predicted molar refractivity (Wildman–Crippen MR) is 121 cm³/mol. The fourth-order valence-electron chi connectivity index (χ4n) is 3.38. The van der Waals surface area contributed by atoms with Gasteiger partial charge in [0.2, 0.25) is 0 Å². The topological polar surface area (TPSA) is 60.4 Å². The molecule has 0 aromatic heterocycles. The number of amidine groups is 1. The highest BCUT2D eigenvalue weighted by atomic mass is 19.1. The molecule has 4 rings (SSSR count). The number of anilines is 1. The minimum atomic E-state index is -0.365. The monoisotopic (exact) mass is 432 g/mol. The van der Waals surface area contributed by atoms with Crippen LogP contribution in [0.5, 0.6) is 17.2 Å². The second kappa shape index (κ2) is 8.93. The van der Waals surface area contributed by atoms with Gasteiger partial charge in [-0.2, -0.15) is 0 Å². The van der Waals surface area contributed by atoms with E-state index in [0.29, 0.717) is 34.3 Å². The zero-order valence-corrected chi connectivity index (χ0v) is 17.8. The maximum Gasteiger partial charge on any atom is 0.282 e. The van der Waals surface area contributed by atoms with Gasteiger partial charge in [-0.3, -0.25) is 9.69 Å². The number of rotatable bonds is 6. The van der Waals surface area contributed by atoms with Crippen molar-refractivity contribution in [3.8, 4) is 17.2 Å². The van der Waals surface area contributed by atoms with Gasteiger partial charge in [-0.05, 0) is 72.3 Å². The molecule has 3 aromatic carbocycles. The minimum absolute atomic E-state index is 0.243. The first kappa shape index (κ1) is 21.1. The van der Waals surface area contributed by atoms with Crippen LogP contribution in [-0.2, 0) is 4.79 Å². The van der Waals surface area contributed by atoms with Crippen LogP contribution in [-0.4, -0.2) is 33.1 Å². The molecule has 0 bridgehead atoms. The van der Waals surface area contributed by atoms with E-state index in [9.17, 15) is 9.18 Å². The summed E-state index contributed by atoms with van der Waals surface area (Å²) >= 11 is 0. The molecule has 0 N–H and O–H groups in total. The van der Waals surface area contributed by atoms with Gasteiger partial charge in [-0.15, -0.1) is 0 Å². The van der Waals surface area contributed by atoms with E-state index in [1.54, 1.807) is 75.9 Å². The molecule has 0 unspecified atom stereocenters. The van der Waals surface area contributed by atoms with Crippen LogP contribution in [0.3, 0.4) is 0 Å². The quantitative estimate of drug-likeness (QED) is 0.531. The van der Waals surface area contributed by atoms with Gasteiger partial charge in [0.1, 0.15) is 23.1 Å². The zero-order valence-electron chi connectivity index (χ0n) is 17.8. The lowest BCUT2D eigenvalue weighted by molar-refractivity contribution is -0.113. The van der Waals surface area contributed by atoms with Gasteiger partial charge >= 0.3 is 0 Å². The zero-order chi connectivity index (χ0) is 22.7. The summed E-state index contributed by atoms with van der Waals surface area (Å²) in [5, 5.41) is 0. The van der Waals surface area contributed by atoms with E-state index in [1.807, 2.05) is 6.07 Å². The normalized spacial score (nSPS) is 14.5. The largest absolute Gasteiger partial charge is 0.497 e. The third-order valence-electron chi connectivity index (χ3n) is 5.00. The number of benzene rings is 3. The van der Waals surface area contributed by atoms with Crippen molar-refractivity contribution in [1.29, 1.82) is 0 Å². The van der Waals surface area contributed by atoms with Crippen molar-refractivity contribution in [3.05, 3.63) is 89.4 Å². The van der Waals surface area contributed by atoms with Crippen molar-refractivity contribution in [2.45, 2.75) is 0 Å².